The number of benzene rings is 1. The molecule has 2 aliphatic heterocycles. The molecule has 34 heavy (non-hydrogen) atoms. The number of halogens is 4. The van der Waals surface area contributed by atoms with E-state index in [-0.39, 0.29) is 23.6 Å². The largest absolute Gasteiger partial charge is 0.325 e. The molecule has 3 aromatic heterocycles. The van der Waals surface area contributed by atoms with E-state index in [1.165, 1.54) is 0 Å². The molecule has 2 aliphatic rings. The van der Waals surface area contributed by atoms with Gasteiger partial charge in [-0.25, -0.2) is 18.2 Å². The summed E-state index contributed by atoms with van der Waals surface area (Å²) >= 11 is 6.41. The summed E-state index contributed by atoms with van der Waals surface area (Å²) in [7, 11) is 1.68. The average Bonchev–Trinajstić information content (AvgIpc) is 3.42. The van der Waals surface area contributed by atoms with Crippen molar-refractivity contribution in [3.8, 4) is 11.3 Å². The van der Waals surface area contributed by atoms with Gasteiger partial charge in [0.2, 0.25) is 0 Å². The van der Waals surface area contributed by atoms with Crippen molar-refractivity contribution in [2.75, 3.05) is 0 Å². The third kappa shape index (κ3) is 2.86. The second-order valence-corrected chi connectivity index (χ2v) is 9.23. The Morgan fingerprint density at radius 1 is 1.15 bits per heavy atom. The topological polar surface area (TPSA) is 55.4 Å². The summed E-state index contributed by atoms with van der Waals surface area (Å²) in [6, 6.07) is 6.86. The Kier molecular flexibility index (Phi) is 4.58. The van der Waals surface area contributed by atoms with Gasteiger partial charge >= 0.3 is 0 Å². The number of carbonyl (C=O) groups excluding carboxylic acids is 1. The molecule has 1 saturated heterocycles. The first-order chi connectivity index (χ1) is 16.3. The van der Waals surface area contributed by atoms with Gasteiger partial charge in [-0.3, -0.25) is 13.9 Å². The zero-order valence-electron chi connectivity index (χ0n) is 18.3. The van der Waals surface area contributed by atoms with Crippen LogP contribution in [0.4, 0.5) is 13.2 Å². The summed E-state index contributed by atoms with van der Waals surface area (Å²) in [6.45, 7) is 1.78. The molecule has 174 valence electrons. The van der Waals surface area contributed by atoms with E-state index in [4.69, 9.17) is 11.6 Å². The number of rotatable bonds is 2. The first-order valence-corrected chi connectivity index (χ1v) is 11.3. The van der Waals surface area contributed by atoms with E-state index in [1.807, 2.05) is 4.90 Å². The van der Waals surface area contributed by atoms with Gasteiger partial charge in [-0.2, -0.15) is 5.10 Å². The van der Waals surface area contributed by atoms with Crippen LogP contribution in [0.25, 0.3) is 16.9 Å². The summed E-state index contributed by atoms with van der Waals surface area (Å²) in [5.74, 6) is -4.18. The minimum atomic E-state index is -1.50. The number of hydrogen-bond donors (Lipinski definition) is 0. The molecule has 0 N–H and O–H groups in total. The molecule has 2 bridgehead atoms. The van der Waals surface area contributed by atoms with E-state index < -0.39 is 17.5 Å². The Balaban J connectivity index is 1.45. The fourth-order valence-corrected chi connectivity index (χ4v) is 5.79. The Bertz CT molecular complexity index is 1490. The van der Waals surface area contributed by atoms with Crippen LogP contribution in [0.1, 0.15) is 46.3 Å². The maximum absolute atomic E-state index is 14.0. The van der Waals surface area contributed by atoms with Gasteiger partial charge in [-0.05, 0) is 50.5 Å². The smallest absolute Gasteiger partial charge is 0.273 e. The van der Waals surface area contributed by atoms with Crippen molar-refractivity contribution in [2.45, 2.75) is 38.3 Å². The monoisotopic (exact) mass is 485 g/mol. The Morgan fingerprint density at radius 2 is 1.88 bits per heavy atom. The van der Waals surface area contributed by atoms with Crippen molar-refractivity contribution in [3.63, 3.8) is 0 Å². The molecular weight excluding hydrogens is 467 g/mol. The lowest BCUT2D eigenvalue weighted by molar-refractivity contribution is 0.0634. The van der Waals surface area contributed by atoms with E-state index in [9.17, 15) is 18.0 Å². The molecule has 0 radical (unpaired) electrons. The van der Waals surface area contributed by atoms with Crippen molar-refractivity contribution in [1.82, 2.24) is 24.1 Å². The number of carbonyl (C=O) groups is 1. The lowest BCUT2D eigenvalue weighted by atomic mass is 9.94. The minimum Gasteiger partial charge on any atom is -0.325 e. The summed E-state index contributed by atoms with van der Waals surface area (Å²) in [5.41, 5.74) is 3.88. The molecule has 2 atom stereocenters. The highest BCUT2D eigenvalue weighted by Gasteiger charge is 2.46. The number of fused-ring (bicyclic) bond motifs is 5. The fraction of sp³-hybridized carbons (Fsp3) is 0.292. The molecule has 10 heteroatoms. The predicted octanol–water partition coefficient (Wildman–Crippen LogP) is 5.02. The molecule has 6 rings (SSSR count). The molecule has 6 nitrogen and oxygen atoms in total. The van der Waals surface area contributed by atoms with E-state index in [0.717, 1.165) is 30.5 Å². The highest BCUT2D eigenvalue weighted by molar-refractivity contribution is 6.30. The van der Waals surface area contributed by atoms with Crippen LogP contribution in [-0.2, 0) is 13.5 Å². The standard InChI is InChI=1S/C24H19ClF3N5O/c1-11-22(33-18(25)4-3-5-19(33)29-11)24(34)32-13-6-7-17(32)21-14(10-13)23(31(2)30-21)12-8-15(26)20(28)16(27)9-12/h3-5,8-9,13,17H,6-7,10H2,1-2H3/t13-,17+/m1/s1. The summed E-state index contributed by atoms with van der Waals surface area (Å²) < 4.78 is 44.7. The van der Waals surface area contributed by atoms with Crippen molar-refractivity contribution in [1.29, 1.82) is 0 Å². The number of hydrogen-bond acceptors (Lipinski definition) is 3. The lowest BCUT2D eigenvalue weighted by Gasteiger charge is -2.34. The Hall–Kier alpha value is -3.33. The van der Waals surface area contributed by atoms with Gasteiger partial charge in [-0.1, -0.05) is 17.7 Å². The summed E-state index contributed by atoms with van der Waals surface area (Å²) in [4.78, 5) is 20.2. The van der Waals surface area contributed by atoms with E-state index in [1.54, 1.807) is 41.3 Å². The Labute approximate surface area is 197 Å². The van der Waals surface area contributed by atoms with Crippen molar-refractivity contribution >= 4 is 23.2 Å². The molecule has 0 spiro atoms. The van der Waals surface area contributed by atoms with Crippen LogP contribution >= 0.6 is 11.6 Å². The van der Waals surface area contributed by atoms with Gasteiger partial charge in [0.15, 0.2) is 17.5 Å². The highest BCUT2D eigenvalue weighted by atomic mass is 35.5. The third-order valence-electron chi connectivity index (χ3n) is 6.90. The molecule has 0 aliphatic carbocycles. The molecule has 1 aromatic carbocycles. The molecular formula is C24H19ClF3N5O. The summed E-state index contributed by atoms with van der Waals surface area (Å²) in [5, 5.41) is 5.04. The van der Waals surface area contributed by atoms with E-state index >= 15 is 0 Å². The van der Waals surface area contributed by atoms with E-state index in [2.05, 4.69) is 10.1 Å². The third-order valence-corrected chi connectivity index (χ3v) is 7.19. The van der Waals surface area contributed by atoms with Crippen molar-refractivity contribution in [3.05, 3.63) is 75.6 Å². The molecule has 1 fully saturated rings. The average molecular weight is 486 g/mol. The molecule has 0 unspecified atom stereocenters. The number of aryl methyl sites for hydroxylation is 2. The first-order valence-electron chi connectivity index (χ1n) is 10.9. The van der Waals surface area contributed by atoms with Crippen LogP contribution in [-0.4, -0.2) is 36.0 Å². The number of nitrogens with zero attached hydrogens (tertiary/aromatic N) is 5. The van der Waals surface area contributed by atoms with Crippen LogP contribution in [0.5, 0.6) is 0 Å². The van der Waals surface area contributed by atoms with Gasteiger partial charge in [-0.15, -0.1) is 0 Å². The van der Waals surface area contributed by atoms with Crippen LogP contribution in [0.15, 0.2) is 30.3 Å². The SMILES string of the molecule is Cc1nc2cccc(Cl)n2c1C(=O)N1[C@@H]2CC[C@H]1c1nn(C)c(-c3cc(F)c(F)c(F)c3)c1C2. The van der Waals surface area contributed by atoms with Gasteiger partial charge in [0.25, 0.3) is 5.91 Å². The van der Waals surface area contributed by atoms with E-state index in [0.29, 0.717) is 40.0 Å². The van der Waals surface area contributed by atoms with Crippen LogP contribution in [0.3, 0.4) is 0 Å². The highest BCUT2D eigenvalue weighted by Crippen LogP contribution is 2.47. The van der Waals surface area contributed by atoms with Crippen LogP contribution in [0, 0.1) is 24.4 Å². The number of amides is 1. The quantitative estimate of drug-likeness (QED) is 0.296. The molecule has 0 saturated carbocycles. The van der Waals surface area contributed by atoms with Crippen LogP contribution in [0.2, 0.25) is 5.15 Å². The maximum atomic E-state index is 14.0. The van der Waals surface area contributed by atoms with Crippen LogP contribution < -0.4 is 0 Å². The first kappa shape index (κ1) is 21.2. The zero-order chi connectivity index (χ0) is 23.9. The normalized spacial score (nSPS) is 19.2. The second-order valence-electron chi connectivity index (χ2n) is 8.84. The van der Waals surface area contributed by atoms with Gasteiger partial charge in [0.05, 0.1) is 23.1 Å². The number of imidazole rings is 1. The second kappa shape index (κ2) is 7.33. The number of aromatic nitrogens is 4. The fourth-order valence-electron chi connectivity index (χ4n) is 5.55. The minimum absolute atomic E-state index is 0.115. The molecule has 1 amide bonds. The van der Waals surface area contributed by atoms with Crippen molar-refractivity contribution < 1.29 is 18.0 Å². The molecule has 5 heterocycles. The lowest BCUT2D eigenvalue weighted by Crippen LogP contribution is -2.42. The molecule has 4 aromatic rings. The Morgan fingerprint density at radius 3 is 2.62 bits per heavy atom. The van der Waals surface area contributed by atoms with Gasteiger partial charge < -0.3 is 4.90 Å². The van der Waals surface area contributed by atoms with Gasteiger partial charge in [0.1, 0.15) is 16.5 Å². The van der Waals surface area contributed by atoms with Gasteiger partial charge in [0, 0.05) is 24.2 Å². The maximum Gasteiger partial charge on any atom is 0.273 e. The predicted molar refractivity (Wildman–Crippen MR) is 119 cm³/mol. The number of pyridine rings is 1. The summed E-state index contributed by atoms with van der Waals surface area (Å²) in [6.07, 6.45) is 1.96. The van der Waals surface area contributed by atoms with Crippen molar-refractivity contribution in [2.24, 2.45) is 7.05 Å². The zero-order valence-corrected chi connectivity index (χ0v) is 19.1.